The second kappa shape index (κ2) is 4.46. The number of hydrogen-bond donors (Lipinski definition) is 1. The lowest BCUT2D eigenvalue weighted by molar-refractivity contribution is 0.498. The molecule has 0 atom stereocenters. The van der Waals surface area contributed by atoms with Crippen LogP contribution in [0.1, 0.15) is 19.7 Å². The van der Waals surface area contributed by atoms with Gasteiger partial charge in [0, 0.05) is 24.1 Å². The van der Waals surface area contributed by atoms with Gasteiger partial charge in [0.15, 0.2) is 5.03 Å². The molecule has 5 nitrogen and oxygen atoms in total. The van der Waals surface area contributed by atoms with E-state index in [1.165, 1.54) is 6.20 Å². The van der Waals surface area contributed by atoms with Crippen molar-refractivity contribution in [3.63, 3.8) is 0 Å². The summed E-state index contributed by atoms with van der Waals surface area (Å²) in [5.74, 6) is 0.664. The molecule has 1 heterocycles. The van der Waals surface area contributed by atoms with Crippen molar-refractivity contribution in [3.05, 3.63) is 12.0 Å². The van der Waals surface area contributed by atoms with Gasteiger partial charge in [-0.05, 0) is 20.8 Å². The van der Waals surface area contributed by atoms with E-state index in [4.69, 9.17) is 0 Å². The Morgan fingerprint density at radius 1 is 1.56 bits per heavy atom. The van der Waals surface area contributed by atoms with Gasteiger partial charge in [-0.25, -0.2) is 18.1 Å². The molecule has 1 aromatic rings. The molecule has 0 bridgehead atoms. The average molecular weight is 310 g/mol. The predicted octanol–water partition coefficient (Wildman–Crippen LogP) is 1.18. The number of nitrogens with zero attached hydrogens (tertiary/aromatic N) is 2. The largest absolute Gasteiger partial charge is 0.337 e. The summed E-state index contributed by atoms with van der Waals surface area (Å²) in [4.78, 5) is 4.00. The molecule has 0 fully saturated rings. The van der Waals surface area contributed by atoms with E-state index in [-0.39, 0.29) is 5.03 Å². The van der Waals surface area contributed by atoms with Crippen LogP contribution in [0.3, 0.4) is 0 Å². The third-order valence-corrected chi connectivity index (χ3v) is 5.08. The van der Waals surface area contributed by atoms with E-state index in [2.05, 4.69) is 25.6 Å². The van der Waals surface area contributed by atoms with Gasteiger partial charge in [-0.15, -0.1) is 0 Å². The van der Waals surface area contributed by atoms with Crippen molar-refractivity contribution in [2.24, 2.45) is 7.05 Å². The number of hydrogen-bond acceptors (Lipinski definition) is 3. The highest BCUT2D eigenvalue weighted by Gasteiger charge is 2.27. The molecular formula is C9H16BrN3O2S. The molecule has 0 aliphatic rings. The Morgan fingerprint density at radius 2 is 2.12 bits per heavy atom. The molecule has 1 aromatic heterocycles. The van der Waals surface area contributed by atoms with E-state index in [1.807, 2.05) is 0 Å². The number of aromatic nitrogens is 2. The second-order valence-electron chi connectivity index (χ2n) is 4.36. The maximum atomic E-state index is 12.0. The van der Waals surface area contributed by atoms with E-state index >= 15 is 0 Å². The van der Waals surface area contributed by atoms with E-state index < -0.39 is 15.6 Å². The first-order valence-corrected chi connectivity index (χ1v) is 7.38. The lowest BCUT2D eigenvalue weighted by atomic mass is 10.1. The fraction of sp³-hybridized carbons (Fsp3) is 0.667. The number of aryl methyl sites for hydroxylation is 2. The molecule has 0 aliphatic carbocycles. The number of imidazole rings is 1. The van der Waals surface area contributed by atoms with Crippen LogP contribution in [0, 0.1) is 6.92 Å². The van der Waals surface area contributed by atoms with Gasteiger partial charge in [-0.3, -0.25) is 0 Å². The summed E-state index contributed by atoms with van der Waals surface area (Å²) in [6, 6.07) is 0. The summed E-state index contributed by atoms with van der Waals surface area (Å²) < 4.78 is 28.2. The predicted molar refractivity (Wildman–Crippen MR) is 66.1 cm³/mol. The molecule has 0 radical (unpaired) electrons. The van der Waals surface area contributed by atoms with Crippen molar-refractivity contribution >= 4 is 26.0 Å². The summed E-state index contributed by atoms with van der Waals surface area (Å²) in [5, 5.41) is 0.590. The minimum absolute atomic E-state index is 0.0570. The Labute approximate surface area is 104 Å². The molecule has 0 spiro atoms. The quantitative estimate of drug-likeness (QED) is 0.850. The standard InChI is InChI=1S/C9H16BrN3O2S/c1-7-11-8(5-13(7)4)16(14,15)12-9(2,3)6-10/h5,12H,6H2,1-4H3. The third kappa shape index (κ3) is 3.05. The first kappa shape index (κ1) is 13.7. The van der Waals surface area contributed by atoms with Crippen molar-refractivity contribution in [2.45, 2.75) is 31.3 Å². The molecule has 0 unspecified atom stereocenters. The number of alkyl halides is 1. The lowest BCUT2D eigenvalue weighted by Gasteiger charge is -2.22. The van der Waals surface area contributed by atoms with Crippen LogP contribution in [0.15, 0.2) is 11.2 Å². The van der Waals surface area contributed by atoms with Crippen molar-refractivity contribution in [3.8, 4) is 0 Å². The molecule has 1 rings (SSSR count). The number of halogens is 1. The van der Waals surface area contributed by atoms with E-state index in [0.29, 0.717) is 11.2 Å². The lowest BCUT2D eigenvalue weighted by Crippen LogP contribution is -2.44. The zero-order valence-electron chi connectivity index (χ0n) is 9.78. The van der Waals surface area contributed by atoms with Crippen LogP contribution >= 0.6 is 15.9 Å². The van der Waals surface area contributed by atoms with Crippen LogP contribution in [0.25, 0.3) is 0 Å². The smallest absolute Gasteiger partial charge is 0.260 e. The number of nitrogens with one attached hydrogen (secondary N) is 1. The van der Waals surface area contributed by atoms with Gasteiger partial charge in [0.2, 0.25) is 0 Å². The van der Waals surface area contributed by atoms with Crippen LogP contribution in [-0.2, 0) is 17.1 Å². The highest BCUT2D eigenvalue weighted by Crippen LogP contribution is 2.13. The zero-order chi connectivity index (χ0) is 12.6. The number of rotatable bonds is 4. The highest BCUT2D eigenvalue weighted by molar-refractivity contribution is 9.09. The molecular weight excluding hydrogens is 294 g/mol. The number of sulfonamides is 1. The van der Waals surface area contributed by atoms with Crippen LogP contribution < -0.4 is 4.72 Å². The Balaban J connectivity index is 3.04. The second-order valence-corrected chi connectivity index (χ2v) is 6.55. The Bertz CT molecular complexity index is 459. The van der Waals surface area contributed by atoms with Gasteiger partial charge in [-0.1, -0.05) is 15.9 Å². The van der Waals surface area contributed by atoms with Gasteiger partial charge in [0.05, 0.1) is 0 Å². The molecule has 0 amide bonds. The first-order valence-electron chi connectivity index (χ1n) is 4.78. The SMILES string of the molecule is Cc1nc(S(=O)(=O)NC(C)(C)CBr)cn1C. The van der Waals surface area contributed by atoms with Crippen molar-refractivity contribution in [1.29, 1.82) is 0 Å². The van der Waals surface area contributed by atoms with Gasteiger partial charge in [0.1, 0.15) is 5.82 Å². The first-order chi connectivity index (χ1) is 7.18. The summed E-state index contributed by atoms with van der Waals surface area (Å²) in [5.41, 5.74) is -0.537. The highest BCUT2D eigenvalue weighted by atomic mass is 79.9. The zero-order valence-corrected chi connectivity index (χ0v) is 12.2. The molecule has 16 heavy (non-hydrogen) atoms. The van der Waals surface area contributed by atoms with Crippen molar-refractivity contribution < 1.29 is 8.42 Å². The Hall–Kier alpha value is -0.400. The maximum Gasteiger partial charge on any atom is 0.260 e. The van der Waals surface area contributed by atoms with E-state index in [1.54, 1.807) is 32.4 Å². The topological polar surface area (TPSA) is 64.0 Å². The molecule has 92 valence electrons. The van der Waals surface area contributed by atoms with E-state index in [9.17, 15) is 8.42 Å². The maximum absolute atomic E-state index is 12.0. The fourth-order valence-electron chi connectivity index (χ4n) is 1.10. The van der Waals surface area contributed by atoms with Gasteiger partial charge in [0.25, 0.3) is 10.0 Å². The van der Waals surface area contributed by atoms with Crippen molar-refractivity contribution in [1.82, 2.24) is 14.3 Å². The minimum atomic E-state index is -3.54. The summed E-state index contributed by atoms with van der Waals surface area (Å²) in [6.45, 7) is 5.36. The van der Waals surface area contributed by atoms with Crippen LogP contribution in [0.2, 0.25) is 0 Å². The molecule has 0 aliphatic heterocycles. The van der Waals surface area contributed by atoms with E-state index in [0.717, 1.165) is 0 Å². The van der Waals surface area contributed by atoms with Gasteiger partial charge < -0.3 is 4.57 Å². The molecule has 0 aromatic carbocycles. The Kier molecular flexibility index (Phi) is 3.81. The summed E-state index contributed by atoms with van der Waals surface area (Å²) >= 11 is 3.26. The molecule has 1 N–H and O–H groups in total. The average Bonchev–Trinajstić information content (AvgIpc) is 2.46. The Morgan fingerprint density at radius 3 is 2.50 bits per heavy atom. The van der Waals surface area contributed by atoms with Crippen LogP contribution in [-0.4, -0.2) is 28.8 Å². The molecule has 7 heteroatoms. The molecule has 0 saturated heterocycles. The van der Waals surface area contributed by atoms with Crippen LogP contribution in [0.5, 0.6) is 0 Å². The third-order valence-electron chi connectivity index (χ3n) is 2.11. The fourth-order valence-corrected chi connectivity index (χ4v) is 2.88. The van der Waals surface area contributed by atoms with Gasteiger partial charge in [-0.2, -0.15) is 0 Å². The minimum Gasteiger partial charge on any atom is -0.337 e. The summed E-state index contributed by atoms with van der Waals surface area (Å²) in [7, 11) is -1.78. The van der Waals surface area contributed by atoms with Crippen molar-refractivity contribution in [2.75, 3.05) is 5.33 Å². The summed E-state index contributed by atoms with van der Waals surface area (Å²) in [6.07, 6.45) is 1.50. The molecule has 0 saturated carbocycles. The normalized spacial score (nSPS) is 13.1. The monoisotopic (exact) mass is 309 g/mol. The van der Waals surface area contributed by atoms with Gasteiger partial charge >= 0.3 is 0 Å². The van der Waals surface area contributed by atoms with Crippen LogP contribution in [0.4, 0.5) is 0 Å².